The van der Waals surface area contributed by atoms with Gasteiger partial charge in [-0.3, -0.25) is 9.69 Å². The summed E-state index contributed by atoms with van der Waals surface area (Å²) in [6.07, 6.45) is 0. The summed E-state index contributed by atoms with van der Waals surface area (Å²) in [6.45, 7) is 3.00. The quantitative estimate of drug-likeness (QED) is 0.547. The van der Waals surface area contributed by atoms with E-state index in [0.29, 0.717) is 29.6 Å². The zero-order chi connectivity index (χ0) is 22.3. The van der Waals surface area contributed by atoms with Crippen molar-refractivity contribution in [1.82, 2.24) is 4.90 Å². The molecule has 5 rings (SSSR count). The second-order valence-corrected chi connectivity index (χ2v) is 9.70. The van der Waals surface area contributed by atoms with E-state index >= 15 is 0 Å². The molecule has 3 amide bonds. The molecular weight excluding hydrogens is 442 g/mol. The molecule has 1 atom stereocenters. The number of halogens is 1. The van der Waals surface area contributed by atoms with E-state index in [1.807, 2.05) is 54.3 Å². The van der Waals surface area contributed by atoms with Gasteiger partial charge in [-0.15, -0.1) is 11.8 Å². The van der Waals surface area contributed by atoms with E-state index in [2.05, 4.69) is 11.4 Å². The molecule has 1 spiro atoms. The van der Waals surface area contributed by atoms with Crippen molar-refractivity contribution in [3.05, 3.63) is 94.5 Å². The van der Waals surface area contributed by atoms with Crippen LogP contribution in [0, 0.1) is 6.92 Å². The molecule has 32 heavy (non-hydrogen) atoms. The lowest BCUT2D eigenvalue weighted by Crippen LogP contribution is -2.51. The lowest BCUT2D eigenvalue weighted by atomic mass is 10.1. The highest BCUT2D eigenvalue weighted by Crippen LogP contribution is 2.54. The summed E-state index contributed by atoms with van der Waals surface area (Å²) in [6, 6.07) is 22.6. The summed E-state index contributed by atoms with van der Waals surface area (Å²) in [4.78, 5) is 29.7. The molecule has 0 aliphatic carbocycles. The number of amides is 3. The second-order valence-electron chi connectivity index (χ2n) is 7.98. The highest BCUT2D eigenvalue weighted by molar-refractivity contribution is 8.01. The van der Waals surface area contributed by atoms with Crippen LogP contribution in [0.15, 0.2) is 72.8 Å². The maximum Gasteiger partial charge on any atom is 0.323 e. The highest BCUT2D eigenvalue weighted by Gasteiger charge is 2.59. The lowest BCUT2D eigenvalue weighted by molar-refractivity contribution is -0.123. The van der Waals surface area contributed by atoms with Crippen molar-refractivity contribution in [3.8, 4) is 0 Å². The van der Waals surface area contributed by atoms with Crippen molar-refractivity contribution < 1.29 is 9.59 Å². The third kappa shape index (κ3) is 3.44. The van der Waals surface area contributed by atoms with Crippen LogP contribution in [0.1, 0.15) is 16.7 Å². The molecule has 1 fully saturated rings. The molecule has 0 bridgehead atoms. The molecule has 2 aliphatic rings. The van der Waals surface area contributed by atoms with Gasteiger partial charge in [0, 0.05) is 28.6 Å². The number of rotatable bonds is 3. The minimum Gasteiger partial charge on any atom is -0.308 e. The van der Waals surface area contributed by atoms with Crippen LogP contribution in [0.5, 0.6) is 0 Å². The minimum atomic E-state index is -1.06. The van der Waals surface area contributed by atoms with Gasteiger partial charge in [0.2, 0.25) is 0 Å². The Morgan fingerprint density at radius 1 is 1.09 bits per heavy atom. The first-order chi connectivity index (χ1) is 15.5. The Labute approximate surface area is 196 Å². The number of nitrogens with zero attached hydrogens (tertiary/aromatic N) is 2. The molecule has 5 nitrogen and oxygen atoms in total. The van der Waals surface area contributed by atoms with Gasteiger partial charge < -0.3 is 10.2 Å². The zero-order valence-corrected chi connectivity index (χ0v) is 19.1. The second kappa shape index (κ2) is 8.19. The highest BCUT2D eigenvalue weighted by atomic mass is 35.5. The molecule has 0 aromatic heterocycles. The Morgan fingerprint density at radius 2 is 1.88 bits per heavy atom. The maximum absolute atomic E-state index is 14.0. The molecule has 162 valence electrons. The molecule has 0 unspecified atom stereocenters. The van der Waals surface area contributed by atoms with Gasteiger partial charge in [-0.25, -0.2) is 4.79 Å². The number of carbonyl (C=O) groups is 2. The van der Waals surface area contributed by atoms with Gasteiger partial charge in [0.25, 0.3) is 5.91 Å². The maximum atomic E-state index is 14.0. The molecular formula is C25H22ClN3O2S. The third-order valence-corrected chi connectivity index (χ3v) is 7.54. The largest absolute Gasteiger partial charge is 0.323 e. The number of fused-ring (bicyclic) bond motifs is 2. The number of aryl methyl sites for hydroxylation is 1. The van der Waals surface area contributed by atoms with Gasteiger partial charge in [-0.1, -0.05) is 59.6 Å². The van der Waals surface area contributed by atoms with E-state index < -0.39 is 4.87 Å². The molecule has 1 N–H and O–H groups in total. The minimum absolute atomic E-state index is 0.0750. The van der Waals surface area contributed by atoms with Gasteiger partial charge in [0.1, 0.15) is 0 Å². The molecule has 0 saturated carbocycles. The number of hydrogen-bond acceptors (Lipinski definition) is 3. The molecule has 7 heteroatoms. The van der Waals surface area contributed by atoms with E-state index in [0.717, 1.165) is 22.4 Å². The number of para-hydroxylation sites is 1. The predicted octanol–water partition coefficient (Wildman–Crippen LogP) is 5.63. The van der Waals surface area contributed by atoms with Gasteiger partial charge >= 0.3 is 6.03 Å². The predicted molar refractivity (Wildman–Crippen MR) is 130 cm³/mol. The lowest BCUT2D eigenvalue weighted by Gasteiger charge is -2.33. The Bertz CT molecular complexity index is 1200. The fourth-order valence-electron chi connectivity index (χ4n) is 4.44. The van der Waals surface area contributed by atoms with Crippen molar-refractivity contribution in [1.29, 1.82) is 0 Å². The van der Waals surface area contributed by atoms with Crippen LogP contribution in [0.3, 0.4) is 0 Å². The van der Waals surface area contributed by atoms with Crippen LogP contribution >= 0.6 is 23.4 Å². The average Bonchev–Trinajstić information content (AvgIpc) is 3.33. The van der Waals surface area contributed by atoms with Crippen molar-refractivity contribution in [2.45, 2.75) is 18.3 Å². The van der Waals surface area contributed by atoms with Crippen LogP contribution < -0.4 is 10.2 Å². The van der Waals surface area contributed by atoms with Crippen LogP contribution in [0.2, 0.25) is 5.02 Å². The molecule has 3 aromatic rings. The van der Waals surface area contributed by atoms with Gasteiger partial charge in [-0.05, 0) is 42.8 Å². The van der Waals surface area contributed by atoms with E-state index in [-0.39, 0.29) is 11.9 Å². The Hall–Kier alpha value is -2.96. The normalized spacial score (nSPS) is 19.5. The number of thioether (sulfide) groups is 1. The van der Waals surface area contributed by atoms with Gasteiger partial charge in [0.15, 0.2) is 4.87 Å². The molecule has 0 radical (unpaired) electrons. The first kappa shape index (κ1) is 20.9. The average molecular weight is 464 g/mol. The summed E-state index contributed by atoms with van der Waals surface area (Å²) in [5, 5.41) is 3.53. The van der Waals surface area contributed by atoms with Crippen LogP contribution in [0.4, 0.5) is 16.2 Å². The van der Waals surface area contributed by atoms with E-state index in [4.69, 9.17) is 11.6 Å². The smallest absolute Gasteiger partial charge is 0.308 e. The first-order valence-electron chi connectivity index (χ1n) is 10.4. The van der Waals surface area contributed by atoms with Crippen molar-refractivity contribution in [2.24, 2.45) is 0 Å². The van der Waals surface area contributed by atoms with Crippen molar-refractivity contribution in [3.63, 3.8) is 0 Å². The number of nitrogens with one attached hydrogen (secondary N) is 1. The fourth-order valence-corrected chi connectivity index (χ4v) is 6.03. The summed E-state index contributed by atoms with van der Waals surface area (Å²) >= 11 is 7.49. The standard InChI is InChI=1S/C25H22ClN3O2S/c1-17-5-4-6-18(15-17)16-28-22-8-3-2-7-21(22)25(23(28)30)29(13-14-32-25)24(31)27-20-11-9-19(26)10-12-20/h2-12,15H,13-14,16H2,1H3,(H,27,31)/t25-/m0/s1. The first-order valence-corrected chi connectivity index (χ1v) is 11.8. The van der Waals surface area contributed by atoms with Crippen molar-refractivity contribution in [2.75, 3.05) is 22.5 Å². The molecule has 3 aromatic carbocycles. The monoisotopic (exact) mass is 463 g/mol. The number of carbonyl (C=O) groups excluding carboxylic acids is 2. The zero-order valence-electron chi connectivity index (χ0n) is 17.5. The van der Waals surface area contributed by atoms with Crippen LogP contribution in [-0.2, 0) is 16.2 Å². The van der Waals surface area contributed by atoms with E-state index in [1.54, 1.807) is 29.2 Å². The van der Waals surface area contributed by atoms with Gasteiger partial charge in [-0.2, -0.15) is 0 Å². The topological polar surface area (TPSA) is 52.7 Å². The summed E-state index contributed by atoms with van der Waals surface area (Å²) in [7, 11) is 0. The Balaban J connectivity index is 1.50. The molecule has 2 aliphatic heterocycles. The van der Waals surface area contributed by atoms with E-state index in [1.165, 1.54) is 11.8 Å². The Morgan fingerprint density at radius 3 is 2.66 bits per heavy atom. The fraction of sp³-hybridized carbons (Fsp3) is 0.200. The SMILES string of the molecule is Cc1cccc(CN2C(=O)[C@@]3(SCCN3C(=O)Nc3ccc(Cl)cc3)c3ccccc32)c1. The molecule has 1 saturated heterocycles. The summed E-state index contributed by atoms with van der Waals surface area (Å²) < 4.78 is 0. The van der Waals surface area contributed by atoms with Crippen LogP contribution in [0.25, 0.3) is 0 Å². The number of anilines is 2. The third-order valence-electron chi connectivity index (χ3n) is 5.86. The molecule has 2 heterocycles. The number of hydrogen-bond donors (Lipinski definition) is 1. The number of urea groups is 1. The van der Waals surface area contributed by atoms with Crippen LogP contribution in [-0.4, -0.2) is 29.1 Å². The summed E-state index contributed by atoms with van der Waals surface area (Å²) in [5.41, 5.74) is 4.58. The van der Waals surface area contributed by atoms with E-state index in [9.17, 15) is 9.59 Å². The van der Waals surface area contributed by atoms with Crippen molar-refractivity contribution >= 4 is 46.7 Å². The summed E-state index contributed by atoms with van der Waals surface area (Å²) in [5.74, 6) is 0.612. The number of benzene rings is 3. The van der Waals surface area contributed by atoms with Gasteiger partial charge in [0.05, 0.1) is 12.2 Å². The Kier molecular flexibility index (Phi) is 5.35.